The maximum atomic E-state index is 12.1. The number of halogens is 2. The highest BCUT2D eigenvalue weighted by molar-refractivity contribution is 5.78. The summed E-state index contributed by atoms with van der Waals surface area (Å²) in [5, 5.41) is 12.9. The van der Waals surface area contributed by atoms with E-state index in [0.717, 1.165) is 25.7 Å². The molecule has 1 unspecified atom stereocenters. The number of nitrogens with one attached hydrogen (secondary N) is 1. The lowest BCUT2D eigenvalue weighted by Gasteiger charge is -2.17. The Morgan fingerprint density at radius 1 is 1.17 bits per heavy atom. The third-order valence-electron chi connectivity index (χ3n) is 4.19. The SMILES string of the molecule is O=C(NCC(O)c1ccc(OC(F)F)cc1)C1CCCCCC1. The number of hydrogen-bond donors (Lipinski definition) is 2. The summed E-state index contributed by atoms with van der Waals surface area (Å²) >= 11 is 0. The smallest absolute Gasteiger partial charge is 0.387 e. The number of carbonyl (C=O) groups excluding carboxylic acids is 1. The highest BCUT2D eigenvalue weighted by Crippen LogP contribution is 2.23. The van der Waals surface area contributed by atoms with Crippen molar-refractivity contribution in [2.75, 3.05) is 6.54 Å². The molecule has 0 aliphatic heterocycles. The third kappa shape index (κ3) is 5.78. The molecule has 4 nitrogen and oxygen atoms in total. The van der Waals surface area contributed by atoms with E-state index in [1.54, 1.807) is 0 Å². The molecule has 1 amide bonds. The summed E-state index contributed by atoms with van der Waals surface area (Å²) < 4.78 is 28.4. The molecule has 2 rings (SSSR count). The first-order valence-electron chi connectivity index (χ1n) is 8.07. The molecular formula is C17H23F2NO3. The fourth-order valence-electron chi connectivity index (χ4n) is 2.87. The summed E-state index contributed by atoms with van der Waals surface area (Å²) in [7, 11) is 0. The van der Waals surface area contributed by atoms with Crippen LogP contribution in [0.2, 0.25) is 0 Å². The zero-order chi connectivity index (χ0) is 16.7. The molecule has 23 heavy (non-hydrogen) atoms. The van der Waals surface area contributed by atoms with Crippen molar-refractivity contribution in [2.24, 2.45) is 5.92 Å². The minimum Gasteiger partial charge on any atom is -0.435 e. The van der Waals surface area contributed by atoms with Gasteiger partial charge in [-0.3, -0.25) is 4.79 Å². The van der Waals surface area contributed by atoms with E-state index in [-0.39, 0.29) is 24.1 Å². The molecule has 0 bridgehead atoms. The van der Waals surface area contributed by atoms with E-state index in [1.807, 2.05) is 0 Å². The molecule has 0 radical (unpaired) electrons. The normalized spacial score (nSPS) is 17.6. The predicted octanol–water partition coefficient (Wildman–Crippen LogP) is 3.41. The Hall–Kier alpha value is -1.69. The topological polar surface area (TPSA) is 58.6 Å². The number of aliphatic hydroxyl groups is 1. The summed E-state index contributed by atoms with van der Waals surface area (Å²) in [5.74, 6) is 0.0635. The Balaban J connectivity index is 1.81. The van der Waals surface area contributed by atoms with Crippen LogP contribution in [-0.4, -0.2) is 24.2 Å². The first-order valence-corrected chi connectivity index (χ1v) is 8.07. The molecule has 1 aromatic carbocycles. The van der Waals surface area contributed by atoms with Crippen LogP contribution in [0.5, 0.6) is 5.75 Å². The first-order chi connectivity index (χ1) is 11.1. The van der Waals surface area contributed by atoms with Gasteiger partial charge in [-0.2, -0.15) is 8.78 Å². The minimum atomic E-state index is -2.87. The average Bonchev–Trinajstić information content (AvgIpc) is 2.81. The molecule has 1 aliphatic rings. The monoisotopic (exact) mass is 327 g/mol. The summed E-state index contributed by atoms with van der Waals surface area (Å²) in [6, 6.07) is 5.77. The van der Waals surface area contributed by atoms with Crippen molar-refractivity contribution in [1.82, 2.24) is 5.32 Å². The van der Waals surface area contributed by atoms with Crippen molar-refractivity contribution in [2.45, 2.75) is 51.2 Å². The number of hydrogen-bond acceptors (Lipinski definition) is 3. The second-order valence-electron chi connectivity index (χ2n) is 5.90. The standard InChI is InChI=1S/C17H23F2NO3/c18-17(19)23-14-9-7-12(8-10-14)15(21)11-20-16(22)13-5-3-1-2-4-6-13/h7-10,13,15,17,21H,1-6,11H2,(H,20,22). The molecule has 128 valence electrons. The lowest BCUT2D eigenvalue weighted by Crippen LogP contribution is -2.33. The van der Waals surface area contributed by atoms with Gasteiger partial charge in [-0.05, 0) is 30.5 Å². The van der Waals surface area contributed by atoms with Crippen LogP contribution in [0, 0.1) is 5.92 Å². The van der Waals surface area contributed by atoms with E-state index >= 15 is 0 Å². The van der Waals surface area contributed by atoms with Crippen molar-refractivity contribution in [1.29, 1.82) is 0 Å². The van der Waals surface area contributed by atoms with Gasteiger partial charge in [-0.15, -0.1) is 0 Å². The number of amides is 1. The molecule has 0 aromatic heterocycles. The van der Waals surface area contributed by atoms with Crippen LogP contribution in [0.1, 0.15) is 50.2 Å². The van der Waals surface area contributed by atoms with Crippen LogP contribution < -0.4 is 10.1 Å². The number of ether oxygens (including phenoxy) is 1. The third-order valence-corrected chi connectivity index (χ3v) is 4.19. The number of aliphatic hydroxyl groups excluding tert-OH is 1. The zero-order valence-corrected chi connectivity index (χ0v) is 13.0. The van der Waals surface area contributed by atoms with Gasteiger partial charge < -0.3 is 15.2 Å². The first kappa shape index (κ1) is 17.7. The number of rotatable bonds is 6. The maximum Gasteiger partial charge on any atom is 0.387 e. The van der Waals surface area contributed by atoms with Gasteiger partial charge in [-0.1, -0.05) is 37.8 Å². The van der Waals surface area contributed by atoms with E-state index in [4.69, 9.17) is 0 Å². The Labute approximate surface area is 134 Å². The Morgan fingerprint density at radius 2 is 1.78 bits per heavy atom. The Morgan fingerprint density at radius 3 is 2.35 bits per heavy atom. The Kier molecular flexibility index (Phi) is 6.77. The van der Waals surface area contributed by atoms with E-state index in [9.17, 15) is 18.7 Å². The quantitative estimate of drug-likeness (QED) is 0.787. The molecule has 0 saturated heterocycles. The maximum absolute atomic E-state index is 12.1. The van der Waals surface area contributed by atoms with Crippen molar-refractivity contribution < 1.29 is 23.4 Å². The van der Waals surface area contributed by atoms with Crippen molar-refractivity contribution in [3.05, 3.63) is 29.8 Å². The van der Waals surface area contributed by atoms with Crippen molar-refractivity contribution in [3.63, 3.8) is 0 Å². The highest BCUT2D eigenvalue weighted by Gasteiger charge is 2.20. The van der Waals surface area contributed by atoms with Gasteiger partial charge in [0.05, 0.1) is 6.10 Å². The molecule has 0 heterocycles. The molecule has 0 spiro atoms. The van der Waals surface area contributed by atoms with Gasteiger partial charge in [0.25, 0.3) is 0 Å². The molecule has 1 fully saturated rings. The zero-order valence-electron chi connectivity index (χ0n) is 13.0. The molecule has 6 heteroatoms. The van der Waals surface area contributed by atoms with Gasteiger partial charge in [0.2, 0.25) is 5.91 Å². The average molecular weight is 327 g/mol. The van der Waals surface area contributed by atoms with Crippen molar-refractivity contribution in [3.8, 4) is 5.75 Å². The van der Waals surface area contributed by atoms with E-state index in [0.29, 0.717) is 5.56 Å². The summed E-state index contributed by atoms with van der Waals surface area (Å²) in [4.78, 5) is 12.1. The van der Waals surface area contributed by atoms with Gasteiger partial charge in [0, 0.05) is 12.5 Å². The second kappa shape index (κ2) is 8.82. The number of carbonyl (C=O) groups is 1. The summed E-state index contributed by atoms with van der Waals surface area (Å²) in [6.07, 6.45) is 5.45. The largest absolute Gasteiger partial charge is 0.435 e. The highest BCUT2D eigenvalue weighted by atomic mass is 19.3. The van der Waals surface area contributed by atoms with E-state index in [1.165, 1.54) is 37.1 Å². The van der Waals surface area contributed by atoms with Crippen LogP contribution in [0.15, 0.2) is 24.3 Å². The molecular weight excluding hydrogens is 304 g/mol. The summed E-state index contributed by atoms with van der Waals surface area (Å²) in [6.45, 7) is -2.76. The van der Waals surface area contributed by atoms with Crippen LogP contribution in [0.3, 0.4) is 0 Å². The van der Waals surface area contributed by atoms with Gasteiger partial charge in [0.15, 0.2) is 0 Å². The fraction of sp³-hybridized carbons (Fsp3) is 0.588. The van der Waals surface area contributed by atoms with Crippen molar-refractivity contribution >= 4 is 5.91 Å². The van der Waals surface area contributed by atoms with Gasteiger partial charge in [0.1, 0.15) is 5.75 Å². The molecule has 1 atom stereocenters. The second-order valence-corrected chi connectivity index (χ2v) is 5.90. The minimum absolute atomic E-state index is 0.0106. The number of benzene rings is 1. The molecule has 1 aromatic rings. The van der Waals surface area contributed by atoms with Crippen LogP contribution in [0.25, 0.3) is 0 Å². The van der Waals surface area contributed by atoms with Crippen LogP contribution in [-0.2, 0) is 4.79 Å². The summed E-state index contributed by atoms with van der Waals surface area (Å²) in [5.41, 5.74) is 0.549. The lowest BCUT2D eigenvalue weighted by atomic mass is 9.99. The lowest BCUT2D eigenvalue weighted by molar-refractivity contribution is -0.125. The number of alkyl halides is 2. The molecule has 2 N–H and O–H groups in total. The van der Waals surface area contributed by atoms with Crippen LogP contribution in [0.4, 0.5) is 8.78 Å². The van der Waals surface area contributed by atoms with Gasteiger partial charge >= 0.3 is 6.61 Å². The predicted molar refractivity (Wildman–Crippen MR) is 82.2 cm³/mol. The Bertz CT molecular complexity index is 485. The molecule has 1 aliphatic carbocycles. The van der Waals surface area contributed by atoms with E-state index in [2.05, 4.69) is 10.1 Å². The van der Waals surface area contributed by atoms with E-state index < -0.39 is 12.7 Å². The van der Waals surface area contributed by atoms with Gasteiger partial charge in [-0.25, -0.2) is 0 Å². The van der Waals surface area contributed by atoms with Crippen LogP contribution >= 0.6 is 0 Å². The molecule has 1 saturated carbocycles. The fourth-order valence-corrected chi connectivity index (χ4v) is 2.87.